The highest BCUT2D eigenvalue weighted by Gasteiger charge is 2.08. The Hall–Kier alpha value is -0.130. The number of hydrogen-bond acceptors (Lipinski definition) is 3. The van der Waals surface area contributed by atoms with E-state index in [0.717, 1.165) is 12.8 Å². The van der Waals surface area contributed by atoms with Crippen LogP contribution in [0.2, 0.25) is 0 Å². The van der Waals surface area contributed by atoms with Gasteiger partial charge in [-0.15, -0.1) is 0 Å². The van der Waals surface area contributed by atoms with Crippen molar-refractivity contribution in [2.75, 3.05) is 12.4 Å². The monoisotopic (exact) mass is 237 g/mol. The smallest absolute Gasteiger partial charge is 0.209 e. The van der Waals surface area contributed by atoms with Crippen LogP contribution in [0.3, 0.4) is 0 Å². The summed E-state index contributed by atoms with van der Waals surface area (Å²) in [4.78, 5) is 0. The van der Waals surface area contributed by atoms with E-state index in [2.05, 4.69) is 6.92 Å². The van der Waals surface area contributed by atoms with Gasteiger partial charge in [-0.1, -0.05) is 13.8 Å². The average molecular weight is 237 g/mol. The zero-order chi connectivity index (χ0) is 11.9. The molecule has 4 nitrogen and oxygen atoms in total. The van der Waals surface area contributed by atoms with Gasteiger partial charge in [-0.3, -0.25) is 0 Å². The van der Waals surface area contributed by atoms with Crippen molar-refractivity contribution < 1.29 is 13.2 Å². The van der Waals surface area contributed by atoms with E-state index in [-0.39, 0.29) is 11.9 Å². The van der Waals surface area contributed by atoms with Gasteiger partial charge in [-0.05, 0) is 32.1 Å². The maximum atomic E-state index is 10.7. The normalized spacial score (nSPS) is 16.3. The van der Waals surface area contributed by atoms with Gasteiger partial charge in [-0.25, -0.2) is 13.6 Å². The highest BCUT2D eigenvalue weighted by Crippen LogP contribution is 2.09. The van der Waals surface area contributed by atoms with E-state index in [1.807, 2.05) is 13.8 Å². The van der Waals surface area contributed by atoms with Crippen molar-refractivity contribution >= 4 is 10.0 Å². The molecular formula is C10H23NO3S. The second-order valence-electron chi connectivity index (χ2n) is 4.14. The number of sulfonamides is 1. The second kappa shape index (κ2) is 7.19. The molecular weight excluding hydrogens is 214 g/mol. The number of rotatable bonds is 8. The topological polar surface area (TPSA) is 69.4 Å². The molecule has 0 saturated heterocycles. The first-order chi connectivity index (χ1) is 6.85. The molecule has 0 rings (SSSR count). The van der Waals surface area contributed by atoms with Gasteiger partial charge in [0.2, 0.25) is 10.0 Å². The fourth-order valence-electron chi connectivity index (χ4n) is 1.10. The molecule has 0 spiro atoms. The Labute approximate surface area is 93.2 Å². The summed E-state index contributed by atoms with van der Waals surface area (Å²) in [6.45, 7) is 6.83. The number of primary sulfonamides is 1. The van der Waals surface area contributed by atoms with E-state index in [4.69, 9.17) is 9.88 Å². The first-order valence-corrected chi connectivity index (χ1v) is 7.18. The Kier molecular flexibility index (Phi) is 7.13. The van der Waals surface area contributed by atoms with Crippen LogP contribution in [0.1, 0.15) is 40.0 Å². The van der Waals surface area contributed by atoms with Crippen molar-refractivity contribution in [3.63, 3.8) is 0 Å². The van der Waals surface area contributed by atoms with Gasteiger partial charge in [-0.2, -0.15) is 0 Å². The average Bonchev–Trinajstić information content (AvgIpc) is 2.13. The van der Waals surface area contributed by atoms with E-state index in [9.17, 15) is 8.42 Å². The molecule has 92 valence electrons. The molecule has 0 amide bonds. The Morgan fingerprint density at radius 1 is 1.27 bits per heavy atom. The van der Waals surface area contributed by atoms with E-state index >= 15 is 0 Å². The number of ether oxygens (including phenoxy) is 1. The summed E-state index contributed by atoms with van der Waals surface area (Å²) >= 11 is 0. The minimum atomic E-state index is -3.31. The molecule has 0 aliphatic carbocycles. The summed E-state index contributed by atoms with van der Waals surface area (Å²) < 4.78 is 26.9. The minimum Gasteiger partial charge on any atom is -0.379 e. The fourth-order valence-corrected chi connectivity index (χ4v) is 1.83. The van der Waals surface area contributed by atoms with Crippen molar-refractivity contribution in [3.8, 4) is 0 Å². The molecule has 0 saturated carbocycles. The highest BCUT2D eigenvalue weighted by molar-refractivity contribution is 7.89. The van der Waals surface area contributed by atoms with Gasteiger partial charge in [0.1, 0.15) is 0 Å². The summed E-state index contributed by atoms with van der Waals surface area (Å²) in [7, 11) is -3.31. The molecule has 2 unspecified atom stereocenters. The van der Waals surface area contributed by atoms with Gasteiger partial charge in [0.15, 0.2) is 0 Å². The van der Waals surface area contributed by atoms with Gasteiger partial charge in [0, 0.05) is 6.61 Å². The summed E-state index contributed by atoms with van der Waals surface area (Å²) in [5.74, 6) is 0.407. The molecule has 2 N–H and O–H groups in total. The summed E-state index contributed by atoms with van der Waals surface area (Å²) in [5, 5.41) is 4.92. The molecule has 0 fully saturated rings. The molecule has 15 heavy (non-hydrogen) atoms. The van der Waals surface area contributed by atoms with E-state index < -0.39 is 10.0 Å². The van der Waals surface area contributed by atoms with Gasteiger partial charge in [0.25, 0.3) is 0 Å². The molecule has 0 aromatic heterocycles. The van der Waals surface area contributed by atoms with Crippen molar-refractivity contribution in [2.24, 2.45) is 11.1 Å². The third-order valence-corrected chi connectivity index (χ3v) is 3.29. The van der Waals surface area contributed by atoms with Gasteiger partial charge in [0.05, 0.1) is 11.9 Å². The minimum absolute atomic E-state index is 0.0670. The van der Waals surface area contributed by atoms with E-state index in [1.54, 1.807) is 0 Å². The van der Waals surface area contributed by atoms with E-state index in [1.165, 1.54) is 0 Å². The standard InChI is InChI=1S/C10H23NO3S/c1-4-10(3)14-7-5-9(2)6-8-15(11,12)13/h9-10H,4-8H2,1-3H3,(H2,11,12,13). The van der Waals surface area contributed by atoms with Crippen LogP contribution in [0, 0.1) is 5.92 Å². The Balaban J connectivity index is 3.54. The third-order valence-electron chi connectivity index (χ3n) is 2.48. The predicted octanol–water partition coefficient (Wildman–Crippen LogP) is 1.51. The molecule has 0 radical (unpaired) electrons. The van der Waals surface area contributed by atoms with Crippen LogP contribution >= 0.6 is 0 Å². The lowest BCUT2D eigenvalue weighted by Crippen LogP contribution is -2.19. The maximum absolute atomic E-state index is 10.7. The molecule has 0 aliphatic rings. The number of nitrogens with two attached hydrogens (primary N) is 1. The Morgan fingerprint density at radius 3 is 2.33 bits per heavy atom. The van der Waals surface area contributed by atoms with E-state index in [0.29, 0.717) is 18.9 Å². The third kappa shape index (κ3) is 10.2. The van der Waals surface area contributed by atoms with Crippen molar-refractivity contribution in [3.05, 3.63) is 0 Å². The van der Waals surface area contributed by atoms with Crippen LogP contribution < -0.4 is 5.14 Å². The van der Waals surface area contributed by atoms with Crippen molar-refractivity contribution in [1.82, 2.24) is 0 Å². The molecule has 0 aromatic carbocycles. The molecule has 0 bridgehead atoms. The van der Waals surface area contributed by atoms with Crippen molar-refractivity contribution in [2.45, 2.75) is 46.1 Å². The van der Waals surface area contributed by atoms with Crippen molar-refractivity contribution in [1.29, 1.82) is 0 Å². The molecule has 0 heterocycles. The SMILES string of the molecule is CCC(C)OCCC(C)CCS(N)(=O)=O. The van der Waals surface area contributed by atoms with Crippen LogP contribution in [0.4, 0.5) is 0 Å². The van der Waals surface area contributed by atoms with Crippen LogP contribution in [0.5, 0.6) is 0 Å². The fraction of sp³-hybridized carbons (Fsp3) is 1.00. The lowest BCUT2D eigenvalue weighted by Gasteiger charge is -2.13. The van der Waals surface area contributed by atoms with Gasteiger partial charge >= 0.3 is 0 Å². The van der Waals surface area contributed by atoms with Crippen LogP contribution in [-0.4, -0.2) is 26.9 Å². The molecule has 0 aliphatic heterocycles. The second-order valence-corrected chi connectivity index (χ2v) is 5.87. The maximum Gasteiger partial charge on any atom is 0.209 e. The first-order valence-electron chi connectivity index (χ1n) is 5.47. The quantitative estimate of drug-likeness (QED) is 0.695. The Morgan fingerprint density at radius 2 is 1.87 bits per heavy atom. The summed E-state index contributed by atoms with van der Waals surface area (Å²) in [5.41, 5.74) is 0. The summed E-state index contributed by atoms with van der Waals surface area (Å²) in [6.07, 6.45) is 2.80. The van der Waals surface area contributed by atoms with Gasteiger partial charge < -0.3 is 4.74 Å². The Bertz CT molecular complexity index is 251. The zero-order valence-corrected chi connectivity index (χ0v) is 10.7. The first kappa shape index (κ1) is 14.9. The van der Waals surface area contributed by atoms with Crippen LogP contribution in [0.25, 0.3) is 0 Å². The summed E-state index contributed by atoms with van der Waals surface area (Å²) in [6, 6.07) is 0. The molecule has 0 aromatic rings. The zero-order valence-electron chi connectivity index (χ0n) is 9.90. The lowest BCUT2D eigenvalue weighted by molar-refractivity contribution is 0.0552. The highest BCUT2D eigenvalue weighted by atomic mass is 32.2. The lowest BCUT2D eigenvalue weighted by atomic mass is 10.1. The largest absolute Gasteiger partial charge is 0.379 e. The molecule has 5 heteroatoms. The molecule has 2 atom stereocenters. The van der Waals surface area contributed by atoms with Crippen LogP contribution in [-0.2, 0) is 14.8 Å². The predicted molar refractivity (Wildman–Crippen MR) is 62.1 cm³/mol. The number of hydrogen-bond donors (Lipinski definition) is 1. The van der Waals surface area contributed by atoms with Crippen LogP contribution in [0.15, 0.2) is 0 Å².